The molecule has 0 saturated heterocycles. The number of ketones is 1. The molecule has 3 fully saturated rings. The summed E-state index contributed by atoms with van der Waals surface area (Å²) in [6.07, 6.45) is 15.2. The van der Waals surface area contributed by atoms with Crippen molar-refractivity contribution >= 4 is 5.78 Å². The van der Waals surface area contributed by atoms with E-state index in [4.69, 9.17) is 5.11 Å². The first-order valence-corrected chi connectivity index (χ1v) is 10.7. The molecule has 0 bridgehead atoms. The minimum atomic E-state index is -0.593. The molecule has 0 aliphatic heterocycles. The van der Waals surface area contributed by atoms with Gasteiger partial charge in [-0.05, 0) is 49.9 Å². The van der Waals surface area contributed by atoms with Gasteiger partial charge in [0.2, 0.25) is 0 Å². The molecule has 4 atom stereocenters. The van der Waals surface area contributed by atoms with E-state index in [1.807, 2.05) is 12.2 Å². The second kappa shape index (κ2) is 8.99. The van der Waals surface area contributed by atoms with Crippen molar-refractivity contribution in [2.75, 3.05) is 6.61 Å². The lowest BCUT2D eigenvalue weighted by atomic mass is 9.51. The van der Waals surface area contributed by atoms with Crippen molar-refractivity contribution in [1.29, 1.82) is 0 Å². The number of aliphatic hydroxyl groups excluding tert-OH is 3. The monoisotopic (exact) mass is 364 g/mol. The molecule has 3 saturated carbocycles. The summed E-state index contributed by atoms with van der Waals surface area (Å²) < 4.78 is 0. The number of carbonyl (C=O) groups is 1. The van der Waals surface area contributed by atoms with Crippen molar-refractivity contribution < 1.29 is 20.1 Å². The Morgan fingerprint density at radius 1 is 1.12 bits per heavy atom. The fourth-order valence-electron chi connectivity index (χ4n) is 5.38. The first-order chi connectivity index (χ1) is 12.5. The summed E-state index contributed by atoms with van der Waals surface area (Å²) in [5.41, 5.74) is 0.556. The van der Waals surface area contributed by atoms with Crippen LogP contribution in [0.5, 0.6) is 0 Å². The first kappa shape index (κ1) is 20.0. The number of rotatable bonds is 10. The van der Waals surface area contributed by atoms with Gasteiger partial charge < -0.3 is 15.3 Å². The van der Waals surface area contributed by atoms with Crippen molar-refractivity contribution in [2.45, 2.75) is 89.3 Å². The fraction of sp³-hybridized carbons (Fsp3) is 0.864. The molecule has 0 radical (unpaired) electrons. The average molecular weight is 365 g/mol. The SMILES string of the molecule is O=C1C[C@@H](O)[C@H](/C=C/[C@@H](O)C2CC3(CCC3)C2)[C@H]1CCCCCCCO. The van der Waals surface area contributed by atoms with Gasteiger partial charge in [-0.2, -0.15) is 0 Å². The molecule has 1 spiro atoms. The smallest absolute Gasteiger partial charge is 0.139 e. The number of carbonyl (C=O) groups excluding carboxylic acids is 1. The van der Waals surface area contributed by atoms with Crippen LogP contribution in [0.25, 0.3) is 0 Å². The third-order valence-electron chi connectivity index (χ3n) is 7.22. The van der Waals surface area contributed by atoms with E-state index in [-0.39, 0.29) is 30.6 Å². The quantitative estimate of drug-likeness (QED) is 0.410. The Morgan fingerprint density at radius 3 is 2.46 bits per heavy atom. The van der Waals surface area contributed by atoms with Crippen LogP contribution in [0, 0.1) is 23.2 Å². The minimum Gasteiger partial charge on any atom is -0.396 e. The molecule has 0 unspecified atom stereocenters. The molecule has 0 heterocycles. The van der Waals surface area contributed by atoms with Gasteiger partial charge in [-0.25, -0.2) is 0 Å². The van der Waals surface area contributed by atoms with Gasteiger partial charge in [-0.3, -0.25) is 4.79 Å². The third-order valence-corrected chi connectivity index (χ3v) is 7.22. The second-order valence-corrected chi connectivity index (χ2v) is 9.10. The lowest BCUT2D eigenvalue weighted by molar-refractivity contribution is -0.121. The van der Waals surface area contributed by atoms with E-state index in [1.54, 1.807) is 0 Å². The second-order valence-electron chi connectivity index (χ2n) is 9.10. The van der Waals surface area contributed by atoms with Crippen LogP contribution in [0.2, 0.25) is 0 Å². The van der Waals surface area contributed by atoms with E-state index in [0.717, 1.165) is 51.4 Å². The summed E-state index contributed by atoms with van der Waals surface area (Å²) in [7, 11) is 0. The number of unbranched alkanes of at least 4 members (excludes halogenated alkanes) is 4. The van der Waals surface area contributed by atoms with Gasteiger partial charge in [0.05, 0.1) is 12.2 Å². The molecule has 0 aromatic carbocycles. The zero-order valence-electron chi connectivity index (χ0n) is 16.0. The maximum atomic E-state index is 12.2. The summed E-state index contributed by atoms with van der Waals surface area (Å²) in [6.45, 7) is 0.255. The van der Waals surface area contributed by atoms with Crippen LogP contribution < -0.4 is 0 Å². The summed E-state index contributed by atoms with van der Waals surface area (Å²) in [6, 6.07) is 0. The van der Waals surface area contributed by atoms with E-state index in [1.165, 1.54) is 19.3 Å². The molecule has 0 amide bonds. The summed E-state index contributed by atoms with van der Waals surface area (Å²) in [5.74, 6) is 0.317. The first-order valence-electron chi connectivity index (χ1n) is 10.7. The van der Waals surface area contributed by atoms with Crippen molar-refractivity contribution in [2.24, 2.45) is 23.2 Å². The van der Waals surface area contributed by atoms with E-state index < -0.39 is 12.2 Å². The molecule has 148 valence electrons. The Labute approximate surface area is 157 Å². The zero-order valence-corrected chi connectivity index (χ0v) is 16.0. The van der Waals surface area contributed by atoms with Crippen molar-refractivity contribution in [3.8, 4) is 0 Å². The van der Waals surface area contributed by atoms with E-state index >= 15 is 0 Å². The topological polar surface area (TPSA) is 77.8 Å². The highest BCUT2D eigenvalue weighted by Gasteiger charge is 2.49. The molecule has 3 aliphatic rings. The average Bonchev–Trinajstić information content (AvgIpc) is 2.79. The van der Waals surface area contributed by atoms with Crippen molar-refractivity contribution in [3.05, 3.63) is 12.2 Å². The predicted octanol–water partition coefficient (Wildman–Crippen LogP) is 3.38. The Morgan fingerprint density at radius 2 is 1.81 bits per heavy atom. The Balaban J connectivity index is 1.44. The van der Waals surface area contributed by atoms with Crippen LogP contribution in [0.15, 0.2) is 12.2 Å². The van der Waals surface area contributed by atoms with Crippen LogP contribution >= 0.6 is 0 Å². The zero-order chi connectivity index (χ0) is 18.6. The summed E-state index contributed by atoms with van der Waals surface area (Å²) in [5, 5.41) is 29.5. The van der Waals surface area contributed by atoms with Gasteiger partial charge >= 0.3 is 0 Å². The van der Waals surface area contributed by atoms with Gasteiger partial charge in [-0.15, -0.1) is 0 Å². The standard InChI is InChI=1S/C22H36O4/c23-12-5-3-1-2-4-7-17-18(21(26)13-20(17)25)8-9-19(24)16-14-22(15-16)10-6-11-22/h8-9,16-19,21,23-24,26H,1-7,10-15H2/b9-8+/t17-,18-,19-,21-/m1/s1. The van der Waals surface area contributed by atoms with Crippen LogP contribution in [0.1, 0.15) is 77.0 Å². The van der Waals surface area contributed by atoms with Crippen LogP contribution in [-0.2, 0) is 4.79 Å². The van der Waals surface area contributed by atoms with E-state index in [0.29, 0.717) is 11.3 Å². The highest BCUT2D eigenvalue weighted by atomic mass is 16.3. The Hall–Kier alpha value is -0.710. The number of hydrogen-bond acceptors (Lipinski definition) is 4. The molecule has 0 aromatic heterocycles. The van der Waals surface area contributed by atoms with E-state index in [2.05, 4.69) is 0 Å². The maximum Gasteiger partial charge on any atom is 0.139 e. The van der Waals surface area contributed by atoms with Gasteiger partial charge in [0, 0.05) is 24.9 Å². The normalized spacial score (nSPS) is 32.1. The third kappa shape index (κ3) is 4.58. The maximum absolute atomic E-state index is 12.2. The van der Waals surface area contributed by atoms with Gasteiger partial charge in [-0.1, -0.05) is 44.3 Å². The molecule has 3 aliphatic carbocycles. The highest BCUT2D eigenvalue weighted by molar-refractivity contribution is 5.84. The molecule has 4 heteroatoms. The number of aliphatic hydroxyl groups is 3. The van der Waals surface area contributed by atoms with Crippen LogP contribution in [0.4, 0.5) is 0 Å². The molecule has 3 rings (SSSR count). The van der Waals surface area contributed by atoms with Gasteiger partial charge in [0.15, 0.2) is 0 Å². The van der Waals surface area contributed by atoms with Crippen molar-refractivity contribution in [3.63, 3.8) is 0 Å². The summed E-state index contributed by atoms with van der Waals surface area (Å²) >= 11 is 0. The van der Waals surface area contributed by atoms with Crippen LogP contribution in [-0.4, -0.2) is 39.9 Å². The summed E-state index contributed by atoms with van der Waals surface area (Å²) in [4.78, 5) is 12.2. The lowest BCUT2D eigenvalue weighted by Gasteiger charge is -2.55. The minimum absolute atomic E-state index is 0.0920. The molecule has 0 aromatic rings. The molecule has 3 N–H and O–H groups in total. The molecule has 26 heavy (non-hydrogen) atoms. The van der Waals surface area contributed by atoms with Gasteiger partial charge in [0.25, 0.3) is 0 Å². The highest BCUT2D eigenvalue weighted by Crippen LogP contribution is 2.59. The van der Waals surface area contributed by atoms with Crippen LogP contribution in [0.3, 0.4) is 0 Å². The Kier molecular flexibility index (Phi) is 6.92. The lowest BCUT2D eigenvalue weighted by Crippen LogP contribution is -2.46. The number of hydrogen-bond donors (Lipinski definition) is 3. The largest absolute Gasteiger partial charge is 0.396 e. The Bertz CT molecular complexity index is 488. The fourth-order valence-corrected chi connectivity index (χ4v) is 5.38. The molecular weight excluding hydrogens is 328 g/mol. The number of Topliss-reactive ketones (excluding diaryl/α,β-unsaturated/α-hetero) is 1. The molecular formula is C22H36O4. The molecule has 4 nitrogen and oxygen atoms in total. The van der Waals surface area contributed by atoms with E-state index in [9.17, 15) is 15.0 Å². The predicted molar refractivity (Wildman–Crippen MR) is 102 cm³/mol. The van der Waals surface area contributed by atoms with Crippen molar-refractivity contribution in [1.82, 2.24) is 0 Å². The van der Waals surface area contributed by atoms with Gasteiger partial charge in [0.1, 0.15) is 5.78 Å².